The molecule has 72 valence electrons. The molecule has 0 saturated carbocycles. The van der Waals surface area contributed by atoms with E-state index in [-0.39, 0.29) is 0 Å². The number of halogens is 1. The highest BCUT2D eigenvalue weighted by atomic mass is 127. The molecule has 13 heavy (non-hydrogen) atoms. The normalized spacial score (nSPS) is 19.2. The number of hydrogen-bond acceptors (Lipinski definition) is 3. The van der Waals surface area contributed by atoms with Crippen LogP contribution in [0.1, 0.15) is 0 Å². The average molecular weight is 309 g/mol. The van der Waals surface area contributed by atoms with Crippen molar-refractivity contribution in [3.8, 4) is 0 Å². The van der Waals surface area contributed by atoms with E-state index in [9.17, 15) is 0 Å². The maximum atomic E-state index is 4.27. The molecule has 0 N–H and O–H groups in total. The van der Waals surface area contributed by atoms with Gasteiger partial charge in [-0.1, -0.05) is 0 Å². The molecule has 2 heterocycles. The molecule has 1 aliphatic heterocycles. The summed E-state index contributed by atoms with van der Waals surface area (Å²) in [6.07, 6.45) is 3.99. The monoisotopic (exact) mass is 309 g/mol. The van der Waals surface area contributed by atoms with Gasteiger partial charge in [0, 0.05) is 30.8 Å². The Morgan fingerprint density at radius 2 is 2.23 bits per heavy atom. The Labute approximate surface area is 96.0 Å². The van der Waals surface area contributed by atoms with Crippen molar-refractivity contribution in [3.05, 3.63) is 16.0 Å². The number of nitrogens with zero attached hydrogens (tertiary/aromatic N) is 3. The van der Waals surface area contributed by atoms with E-state index in [1.165, 1.54) is 28.2 Å². The largest absolute Gasteiger partial charge is 0.283 e. The maximum Gasteiger partial charge on any atom is 0.0929 e. The first-order chi connectivity index (χ1) is 6.34. The van der Waals surface area contributed by atoms with Crippen LogP contribution in [-0.4, -0.2) is 39.3 Å². The molecule has 0 bridgehead atoms. The maximum absolute atomic E-state index is 4.27. The Hall–Kier alpha value is 0.250. The van der Waals surface area contributed by atoms with Gasteiger partial charge in [-0.3, -0.25) is 9.58 Å². The van der Waals surface area contributed by atoms with Crippen molar-refractivity contribution in [1.82, 2.24) is 14.7 Å². The van der Waals surface area contributed by atoms with Gasteiger partial charge < -0.3 is 0 Å². The molecule has 5 heteroatoms. The fourth-order valence-corrected chi connectivity index (χ4v) is 2.79. The third kappa shape index (κ3) is 2.85. The molecule has 1 aromatic heterocycles. The van der Waals surface area contributed by atoms with Crippen molar-refractivity contribution in [1.29, 1.82) is 0 Å². The second kappa shape index (κ2) is 4.65. The van der Waals surface area contributed by atoms with E-state index >= 15 is 0 Å². The molecule has 1 aromatic rings. The topological polar surface area (TPSA) is 21.1 Å². The molecule has 0 amide bonds. The van der Waals surface area contributed by atoms with E-state index in [2.05, 4.69) is 38.8 Å². The van der Waals surface area contributed by atoms with Crippen LogP contribution in [-0.2, 0) is 6.67 Å². The van der Waals surface area contributed by atoms with E-state index in [1.54, 1.807) is 0 Å². The summed E-state index contributed by atoms with van der Waals surface area (Å²) in [5.41, 5.74) is 0. The lowest BCUT2D eigenvalue weighted by Gasteiger charge is -2.25. The molecule has 0 unspecified atom stereocenters. The van der Waals surface area contributed by atoms with Gasteiger partial charge in [-0.25, -0.2) is 0 Å². The third-order valence-corrected chi connectivity index (χ3v) is 3.55. The van der Waals surface area contributed by atoms with Crippen LogP contribution >= 0.6 is 34.4 Å². The van der Waals surface area contributed by atoms with Crippen LogP contribution in [0.2, 0.25) is 0 Å². The summed E-state index contributed by atoms with van der Waals surface area (Å²) >= 11 is 4.33. The first kappa shape index (κ1) is 9.79. The van der Waals surface area contributed by atoms with Gasteiger partial charge >= 0.3 is 0 Å². The first-order valence-corrected chi connectivity index (χ1v) is 6.56. The van der Waals surface area contributed by atoms with E-state index in [0.29, 0.717) is 0 Å². The summed E-state index contributed by atoms with van der Waals surface area (Å²) in [4.78, 5) is 2.44. The van der Waals surface area contributed by atoms with Crippen LogP contribution in [0.15, 0.2) is 12.4 Å². The van der Waals surface area contributed by atoms with Crippen LogP contribution in [0.25, 0.3) is 0 Å². The summed E-state index contributed by atoms with van der Waals surface area (Å²) in [7, 11) is 0. The minimum Gasteiger partial charge on any atom is -0.283 e. The van der Waals surface area contributed by atoms with Crippen molar-refractivity contribution >= 4 is 34.4 Å². The van der Waals surface area contributed by atoms with Gasteiger partial charge in [0.2, 0.25) is 0 Å². The zero-order valence-electron chi connectivity index (χ0n) is 7.32. The van der Waals surface area contributed by atoms with Crippen LogP contribution in [0.4, 0.5) is 0 Å². The Kier molecular flexibility index (Phi) is 3.51. The fourth-order valence-electron chi connectivity index (χ4n) is 1.36. The SMILES string of the molecule is Ic1cnn(CN2CCSCC2)c1. The molecule has 0 spiro atoms. The summed E-state index contributed by atoms with van der Waals surface area (Å²) in [6.45, 7) is 3.34. The van der Waals surface area contributed by atoms with Crippen LogP contribution in [0, 0.1) is 3.57 Å². The molecule has 0 aromatic carbocycles. The Balaban J connectivity index is 1.89. The smallest absolute Gasteiger partial charge is 0.0929 e. The Morgan fingerprint density at radius 3 is 2.85 bits per heavy atom. The molecule has 1 fully saturated rings. The lowest BCUT2D eigenvalue weighted by Crippen LogP contribution is -2.34. The molecular formula is C8H12IN3S. The van der Waals surface area contributed by atoms with Crippen LogP contribution < -0.4 is 0 Å². The minimum atomic E-state index is 0.948. The number of rotatable bonds is 2. The second-order valence-corrected chi connectivity index (χ2v) is 5.54. The Morgan fingerprint density at radius 1 is 1.46 bits per heavy atom. The minimum absolute atomic E-state index is 0.948. The zero-order valence-corrected chi connectivity index (χ0v) is 10.3. The molecule has 2 rings (SSSR count). The molecule has 3 nitrogen and oxygen atoms in total. The van der Waals surface area contributed by atoms with Crippen molar-refractivity contribution < 1.29 is 0 Å². The lowest BCUT2D eigenvalue weighted by molar-refractivity contribution is 0.228. The van der Waals surface area contributed by atoms with Gasteiger partial charge in [0.05, 0.1) is 16.4 Å². The number of hydrogen-bond donors (Lipinski definition) is 0. The summed E-state index contributed by atoms with van der Waals surface area (Å²) in [5, 5.41) is 4.27. The van der Waals surface area contributed by atoms with Crippen molar-refractivity contribution in [2.75, 3.05) is 24.6 Å². The predicted octanol–water partition coefficient (Wildman–Crippen LogP) is 1.49. The highest BCUT2D eigenvalue weighted by molar-refractivity contribution is 14.1. The molecule has 1 aliphatic rings. The predicted molar refractivity (Wildman–Crippen MR) is 63.8 cm³/mol. The molecule has 0 aliphatic carbocycles. The summed E-state index contributed by atoms with van der Waals surface area (Å²) in [5.74, 6) is 2.52. The van der Waals surface area contributed by atoms with Gasteiger partial charge in [0.25, 0.3) is 0 Å². The van der Waals surface area contributed by atoms with Gasteiger partial charge in [-0.15, -0.1) is 0 Å². The van der Waals surface area contributed by atoms with E-state index in [0.717, 1.165) is 6.67 Å². The van der Waals surface area contributed by atoms with Crippen molar-refractivity contribution in [2.24, 2.45) is 0 Å². The van der Waals surface area contributed by atoms with Crippen molar-refractivity contribution in [3.63, 3.8) is 0 Å². The van der Waals surface area contributed by atoms with Gasteiger partial charge in [-0.2, -0.15) is 16.9 Å². The van der Waals surface area contributed by atoms with Gasteiger partial charge in [0.1, 0.15) is 0 Å². The average Bonchev–Trinajstić information content (AvgIpc) is 2.53. The standard InChI is InChI=1S/C8H12IN3S/c9-8-5-10-12(6-8)7-11-1-3-13-4-2-11/h5-6H,1-4,7H2. The molecular weight excluding hydrogens is 297 g/mol. The quantitative estimate of drug-likeness (QED) is 0.773. The lowest BCUT2D eigenvalue weighted by atomic mass is 10.5. The van der Waals surface area contributed by atoms with Crippen LogP contribution in [0.5, 0.6) is 0 Å². The zero-order chi connectivity index (χ0) is 9.10. The Bertz CT molecular complexity index is 270. The summed E-state index contributed by atoms with van der Waals surface area (Å²) < 4.78 is 3.22. The molecule has 0 radical (unpaired) electrons. The second-order valence-electron chi connectivity index (χ2n) is 3.07. The highest BCUT2D eigenvalue weighted by Crippen LogP contribution is 2.10. The molecule has 1 saturated heterocycles. The first-order valence-electron chi connectivity index (χ1n) is 4.32. The number of thioether (sulfide) groups is 1. The third-order valence-electron chi connectivity index (χ3n) is 2.05. The van der Waals surface area contributed by atoms with Gasteiger partial charge in [-0.05, 0) is 22.6 Å². The van der Waals surface area contributed by atoms with Crippen LogP contribution in [0.3, 0.4) is 0 Å². The fraction of sp³-hybridized carbons (Fsp3) is 0.625. The molecule has 0 atom stereocenters. The van der Waals surface area contributed by atoms with E-state index in [4.69, 9.17) is 0 Å². The van der Waals surface area contributed by atoms with E-state index < -0.39 is 0 Å². The van der Waals surface area contributed by atoms with Crippen molar-refractivity contribution in [2.45, 2.75) is 6.67 Å². The highest BCUT2D eigenvalue weighted by Gasteiger charge is 2.10. The summed E-state index contributed by atoms with van der Waals surface area (Å²) in [6, 6.07) is 0. The van der Waals surface area contributed by atoms with Gasteiger partial charge in [0.15, 0.2) is 0 Å². The number of aromatic nitrogens is 2. The van der Waals surface area contributed by atoms with E-state index in [1.807, 2.05) is 22.6 Å².